The Morgan fingerprint density at radius 2 is 2.05 bits per heavy atom. The van der Waals surface area contributed by atoms with Gasteiger partial charge in [-0.15, -0.1) is 0 Å². The van der Waals surface area contributed by atoms with Gasteiger partial charge in [0.05, 0.1) is 18.8 Å². The lowest BCUT2D eigenvalue weighted by Crippen LogP contribution is -2.53. The third kappa shape index (κ3) is 3.31. The molecule has 3 heteroatoms. The minimum Gasteiger partial charge on any atom is -0.387 e. The SMILES string of the molecule is Cc1ccc(C(O)CN2CCOC3CCCCC32)cc1C. The fraction of sp³-hybridized carbons (Fsp3) is 0.667. The predicted octanol–water partition coefficient (Wildman–Crippen LogP) is 2.98. The summed E-state index contributed by atoms with van der Waals surface area (Å²) >= 11 is 0. The van der Waals surface area contributed by atoms with E-state index in [1.54, 1.807) is 0 Å². The lowest BCUT2D eigenvalue weighted by molar-refractivity contribution is -0.0974. The van der Waals surface area contributed by atoms with Gasteiger partial charge in [0.1, 0.15) is 0 Å². The average Bonchev–Trinajstić information content (AvgIpc) is 2.50. The molecule has 1 aromatic carbocycles. The lowest BCUT2D eigenvalue weighted by atomic mass is 9.89. The van der Waals surface area contributed by atoms with Crippen LogP contribution < -0.4 is 0 Å². The number of aliphatic hydroxyl groups excluding tert-OH is 1. The van der Waals surface area contributed by atoms with Crippen molar-refractivity contribution >= 4 is 0 Å². The molecule has 21 heavy (non-hydrogen) atoms. The van der Waals surface area contributed by atoms with Crippen molar-refractivity contribution in [2.75, 3.05) is 19.7 Å². The summed E-state index contributed by atoms with van der Waals surface area (Å²) in [5, 5.41) is 10.6. The molecule has 1 N–H and O–H groups in total. The fourth-order valence-electron chi connectivity index (χ4n) is 3.70. The van der Waals surface area contributed by atoms with Crippen molar-refractivity contribution in [3.05, 3.63) is 34.9 Å². The number of rotatable bonds is 3. The number of morpholine rings is 1. The number of β-amino-alcohol motifs (C(OH)–C–C–N with tert-alkyl or cyclic N) is 1. The Balaban J connectivity index is 1.68. The largest absolute Gasteiger partial charge is 0.387 e. The number of aryl methyl sites for hydroxylation is 2. The van der Waals surface area contributed by atoms with Crippen LogP contribution in [-0.2, 0) is 4.74 Å². The molecule has 3 atom stereocenters. The topological polar surface area (TPSA) is 32.7 Å². The Bertz CT molecular complexity index is 486. The highest BCUT2D eigenvalue weighted by molar-refractivity contribution is 5.31. The van der Waals surface area contributed by atoms with Crippen LogP contribution >= 0.6 is 0 Å². The van der Waals surface area contributed by atoms with Gasteiger partial charge in [-0.3, -0.25) is 4.90 Å². The number of nitrogens with zero attached hydrogens (tertiary/aromatic N) is 1. The molecule has 0 amide bonds. The Morgan fingerprint density at radius 1 is 1.24 bits per heavy atom. The third-order valence-electron chi connectivity index (χ3n) is 5.17. The van der Waals surface area contributed by atoms with Crippen LogP contribution in [0.2, 0.25) is 0 Å². The van der Waals surface area contributed by atoms with Gasteiger partial charge in [0, 0.05) is 19.1 Å². The Kier molecular flexibility index (Phi) is 4.63. The van der Waals surface area contributed by atoms with Crippen LogP contribution in [0.25, 0.3) is 0 Å². The maximum absolute atomic E-state index is 10.6. The number of hydrogen-bond acceptors (Lipinski definition) is 3. The number of ether oxygens (including phenoxy) is 1. The van der Waals surface area contributed by atoms with Crippen molar-refractivity contribution in [1.29, 1.82) is 0 Å². The molecule has 1 aliphatic heterocycles. The molecular weight excluding hydrogens is 262 g/mol. The van der Waals surface area contributed by atoms with Crippen LogP contribution in [0.4, 0.5) is 0 Å². The second-order valence-corrected chi connectivity index (χ2v) is 6.62. The summed E-state index contributed by atoms with van der Waals surface area (Å²) in [6, 6.07) is 6.80. The number of fused-ring (bicyclic) bond motifs is 1. The van der Waals surface area contributed by atoms with E-state index in [1.807, 2.05) is 0 Å². The van der Waals surface area contributed by atoms with Gasteiger partial charge in [-0.1, -0.05) is 31.0 Å². The second kappa shape index (κ2) is 6.47. The van der Waals surface area contributed by atoms with E-state index in [-0.39, 0.29) is 0 Å². The zero-order valence-corrected chi connectivity index (χ0v) is 13.2. The summed E-state index contributed by atoms with van der Waals surface area (Å²) in [4.78, 5) is 2.45. The maximum Gasteiger partial charge on any atom is 0.0917 e. The molecule has 2 aliphatic rings. The van der Waals surface area contributed by atoms with Crippen LogP contribution in [0.15, 0.2) is 18.2 Å². The van der Waals surface area contributed by atoms with E-state index < -0.39 is 6.10 Å². The summed E-state index contributed by atoms with van der Waals surface area (Å²) in [6.07, 6.45) is 4.96. The molecule has 0 spiro atoms. The van der Waals surface area contributed by atoms with Crippen LogP contribution in [0.5, 0.6) is 0 Å². The second-order valence-electron chi connectivity index (χ2n) is 6.62. The highest BCUT2D eigenvalue weighted by Crippen LogP contribution is 2.30. The first-order valence-electron chi connectivity index (χ1n) is 8.26. The molecule has 1 saturated carbocycles. The molecule has 0 bridgehead atoms. The van der Waals surface area contributed by atoms with Gasteiger partial charge in [0.25, 0.3) is 0 Å². The van der Waals surface area contributed by atoms with Gasteiger partial charge in [-0.25, -0.2) is 0 Å². The predicted molar refractivity (Wildman–Crippen MR) is 84.4 cm³/mol. The molecule has 2 fully saturated rings. The summed E-state index contributed by atoms with van der Waals surface area (Å²) < 4.78 is 5.91. The van der Waals surface area contributed by atoms with Crippen molar-refractivity contribution in [2.45, 2.75) is 57.8 Å². The van der Waals surface area contributed by atoms with Gasteiger partial charge in [0.2, 0.25) is 0 Å². The van der Waals surface area contributed by atoms with E-state index in [9.17, 15) is 5.11 Å². The molecule has 0 aromatic heterocycles. The third-order valence-corrected chi connectivity index (χ3v) is 5.17. The van der Waals surface area contributed by atoms with Crippen LogP contribution in [0.3, 0.4) is 0 Å². The van der Waals surface area contributed by atoms with E-state index in [2.05, 4.69) is 36.9 Å². The van der Waals surface area contributed by atoms with Gasteiger partial charge in [-0.2, -0.15) is 0 Å². The van der Waals surface area contributed by atoms with E-state index in [0.717, 1.165) is 25.3 Å². The van der Waals surface area contributed by atoms with E-state index in [4.69, 9.17) is 4.74 Å². The lowest BCUT2D eigenvalue weighted by Gasteiger charge is -2.44. The summed E-state index contributed by atoms with van der Waals surface area (Å²) in [5.41, 5.74) is 3.57. The average molecular weight is 289 g/mol. The van der Waals surface area contributed by atoms with Crippen LogP contribution in [0.1, 0.15) is 48.5 Å². The van der Waals surface area contributed by atoms with Crippen molar-refractivity contribution in [1.82, 2.24) is 4.90 Å². The van der Waals surface area contributed by atoms with Crippen LogP contribution in [-0.4, -0.2) is 41.8 Å². The number of hydrogen-bond donors (Lipinski definition) is 1. The monoisotopic (exact) mass is 289 g/mol. The highest BCUT2D eigenvalue weighted by Gasteiger charge is 2.34. The molecular formula is C18H27NO2. The highest BCUT2D eigenvalue weighted by atomic mass is 16.5. The maximum atomic E-state index is 10.6. The smallest absolute Gasteiger partial charge is 0.0917 e. The molecule has 1 saturated heterocycles. The first kappa shape index (κ1) is 15.0. The quantitative estimate of drug-likeness (QED) is 0.928. The molecule has 116 valence electrons. The van der Waals surface area contributed by atoms with E-state index in [0.29, 0.717) is 12.1 Å². The fourth-order valence-corrected chi connectivity index (χ4v) is 3.70. The van der Waals surface area contributed by atoms with Gasteiger partial charge < -0.3 is 9.84 Å². The van der Waals surface area contributed by atoms with Crippen molar-refractivity contribution in [3.63, 3.8) is 0 Å². The van der Waals surface area contributed by atoms with Crippen molar-refractivity contribution in [2.24, 2.45) is 0 Å². The molecule has 3 nitrogen and oxygen atoms in total. The zero-order valence-electron chi connectivity index (χ0n) is 13.2. The van der Waals surface area contributed by atoms with Crippen LogP contribution in [0, 0.1) is 13.8 Å². The van der Waals surface area contributed by atoms with E-state index in [1.165, 1.54) is 36.8 Å². The first-order chi connectivity index (χ1) is 10.1. The number of aliphatic hydroxyl groups is 1. The van der Waals surface area contributed by atoms with Gasteiger partial charge in [0.15, 0.2) is 0 Å². The standard InChI is InChI=1S/C18H27NO2/c1-13-7-8-15(11-14(13)2)17(20)12-19-9-10-21-18-6-4-3-5-16(18)19/h7-8,11,16-18,20H,3-6,9-10,12H2,1-2H3. The minimum atomic E-state index is -0.398. The Labute approximate surface area is 127 Å². The Morgan fingerprint density at radius 3 is 2.86 bits per heavy atom. The van der Waals surface area contributed by atoms with Gasteiger partial charge in [-0.05, 0) is 43.4 Å². The molecule has 0 radical (unpaired) electrons. The van der Waals surface area contributed by atoms with E-state index >= 15 is 0 Å². The molecule has 1 heterocycles. The van der Waals surface area contributed by atoms with Crippen molar-refractivity contribution in [3.8, 4) is 0 Å². The zero-order chi connectivity index (χ0) is 14.8. The molecule has 3 rings (SSSR count). The molecule has 1 aromatic rings. The molecule has 1 aliphatic carbocycles. The minimum absolute atomic E-state index is 0.388. The Hall–Kier alpha value is -0.900. The van der Waals surface area contributed by atoms with Crippen molar-refractivity contribution < 1.29 is 9.84 Å². The summed E-state index contributed by atoms with van der Waals surface area (Å²) in [6.45, 7) is 6.70. The number of benzene rings is 1. The normalized spacial score (nSPS) is 28.1. The summed E-state index contributed by atoms with van der Waals surface area (Å²) in [7, 11) is 0. The van der Waals surface area contributed by atoms with Gasteiger partial charge >= 0.3 is 0 Å². The first-order valence-corrected chi connectivity index (χ1v) is 8.26. The molecule has 3 unspecified atom stereocenters. The summed E-state index contributed by atoms with van der Waals surface area (Å²) in [5.74, 6) is 0.